The molecule has 1 fully saturated rings. The molecule has 2 heteroatoms. The highest BCUT2D eigenvalue weighted by Crippen LogP contribution is 2.36. The summed E-state index contributed by atoms with van der Waals surface area (Å²) < 4.78 is 5.40. The number of carbonyl (C=O) groups is 1. The maximum absolute atomic E-state index is 12.8. The number of ether oxygens (including phenoxy) is 1. The predicted octanol–water partition coefficient (Wildman–Crippen LogP) is 4.47. The molecule has 1 aliphatic carbocycles. The molecule has 3 rings (SSSR count). The van der Waals surface area contributed by atoms with Gasteiger partial charge in [-0.25, -0.2) is 0 Å². The minimum absolute atomic E-state index is 0.187. The summed E-state index contributed by atoms with van der Waals surface area (Å²) in [5, 5.41) is 2.03. The van der Waals surface area contributed by atoms with E-state index < -0.39 is 0 Å². The second-order valence-electron chi connectivity index (χ2n) is 5.74. The van der Waals surface area contributed by atoms with E-state index in [2.05, 4.69) is 6.92 Å². The topological polar surface area (TPSA) is 26.3 Å². The number of methoxy groups -OCH3 is 1. The van der Waals surface area contributed by atoms with Crippen molar-refractivity contribution in [2.24, 2.45) is 11.8 Å². The highest BCUT2D eigenvalue weighted by molar-refractivity contribution is 6.10. The van der Waals surface area contributed by atoms with Crippen molar-refractivity contribution in [1.82, 2.24) is 0 Å². The van der Waals surface area contributed by atoms with Crippen molar-refractivity contribution in [3.05, 3.63) is 42.0 Å². The van der Waals surface area contributed by atoms with Crippen molar-refractivity contribution in [1.29, 1.82) is 0 Å². The van der Waals surface area contributed by atoms with Crippen molar-refractivity contribution in [3.63, 3.8) is 0 Å². The molecule has 0 amide bonds. The molecule has 1 aliphatic rings. The van der Waals surface area contributed by atoms with Gasteiger partial charge in [0.1, 0.15) is 5.75 Å². The smallest absolute Gasteiger partial charge is 0.166 e. The Balaban J connectivity index is 2.10. The molecule has 2 nitrogen and oxygen atoms in total. The summed E-state index contributed by atoms with van der Waals surface area (Å²) in [5.74, 6) is 1.82. The molecule has 0 radical (unpaired) electrons. The molecule has 1 saturated carbocycles. The lowest BCUT2D eigenvalue weighted by molar-refractivity contribution is 0.0899. The normalized spacial score (nSPS) is 22.1. The minimum Gasteiger partial charge on any atom is -0.496 e. The van der Waals surface area contributed by atoms with E-state index in [1.165, 1.54) is 12.8 Å². The molecule has 104 valence electrons. The van der Waals surface area contributed by atoms with Gasteiger partial charge >= 0.3 is 0 Å². The largest absolute Gasteiger partial charge is 0.496 e. The van der Waals surface area contributed by atoms with E-state index >= 15 is 0 Å². The zero-order valence-corrected chi connectivity index (χ0v) is 12.1. The Labute approximate surface area is 119 Å². The van der Waals surface area contributed by atoms with Gasteiger partial charge in [0.05, 0.1) is 7.11 Å². The molecule has 0 spiro atoms. The van der Waals surface area contributed by atoms with E-state index in [9.17, 15) is 4.79 Å². The number of hydrogen-bond acceptors (Lipinski definition) is 2. The van der Waals surface area contributed by atoms with Gasteiger partial charge in [-0.3, -0.25) is 4.79 Å². The third-order valence-corrected chi connectivity index (χ3v) is 4.57. The number of Topliss-reactive ketones (excluding diaryl/α,β-unsaturated/α-hetero) is 1. The van der Waals surface area contributed by atoms with Crippen LogP contribution in [0.4, 0.5) is 0 Å². The standard InChI is InChI=1S/C18H20O2/c1-12-6-5-9-13(12)18(19)16-10-11-17(20-2)15-8-4-3-7-14(15)16/h3-4,7-8,10-13H,5-6,9H2,1-2H3. The number of ketones is 1. The fourth-order valence-electron chi connectivity index (χ4n) is 3.40. The number of rotatable bonds is 3. The van der Waals surface area contributed by atoms with Gasteiger partial charge in [0.15, 0.2) is 5.78 Å². The van der Waals surface area contributed by atoms with Crippen molar-refractivity contribution in [3.8, 4) is 5.75 Å². The van der Waals surface area contributed by atoms with Crippen LogP contribution < -0.4 is 4.74 Å². The van der Waals surface area contributed by atoms with Crippen LogP contribution in [0.3, 0.4) is 0 Å². The molecule has 2 aromatic carbocycles. The van der Waals surface area contributed by atoms with Crippen LogP contribution in [-0.4, -0.2) is 12.9 Å². The highest BCUT2D eigenvalue weighted by atomic mass is 16.5. The van der Waals surface area contributed by atoms with Crippen LogP contribution in [0.15, 0.2) is 36.4 Å². The van der Waals surface area contributed by atoms with E-state index in [4.69, 9.17) is 4.74 Å². The first-order chi connectivity index (χ1) is 9.72. The fraction of sp³-hybridized carbons (Fsp3) is 0.389. The summed E-state index contributed by atoms with van der Waals surface area (Å²) in [6, 6.07) is 11.8. The molecule has 0 saturated heterocycles. The van der Waals surface area contributed by atoms with Gasteiger partial charge in [0, 0.05) is 16.9 Å². The van der Waals surface area contributed by atoms with Gasteiger partial charge in [-0.2, -0.15) is 0 Å². The van der Waals surface area contributed by atoms with E-state index in [0.29, 0.717) is 11.7 Å². The number of fused-ring (bicyclic) bond motifs is 1. The molecule has 0 aliphatic heterocycles. The van der Waals surface area contributed by atoms with Crippen LogP contribution in [0.2, 0.25) is 0 Å². The van der Waals surface area contributed by atoms with Crippen LogP contribution >= 0.6 is 0 Å². The molecule has 0 bridgehead atoms. The SMILES string of the molecule is COc1ccc(C(=O)C2CCCC2C)c2ccccc12. The van der Waals surface area contributed by atoms with Crippen molar-refractivity contribution >= 4 is 16.6 Å². The molecule has 2 aromatic rings. The summed E-state index contributed by atoms with van der Waals surface area (Å²) in [4.78, 5) is 12.8. The van der Waals surface area contributed by atoms with Crippen molar-refractivity contribution in [2.75, 3.05) is 7.11 Å². The summed E-state index contributed by atoms with van der Waals surface area (Å²) in [6.45, 7) is 2.20. The quantitative estimate of drug-likeness (QED) is 0.768. The van der Waals surface area contributed by atoms with Crippen LogP contribution in [-0.2, 0) is 0 Å². The summed E-state index contributed by atoms with van der Waals surface area (Å²) >= 11 is 0. The van der Waals surface area contributed by atoms with Gasteiger partial charge in [-0.05, 0) is 36.3 Å². The second-order valence-corrected chi connectivity index (χ2v) is 5.74. The summed E-state index contributed by atoms with van der Waals surface area (Å²) in [5.41, 5.74) is 0.847. The lowest BCUT2D eigenvalue weighted by Crippen LogP contribution is -2.17. The molecule has 0 aromatic heterocycles. The molecule has 0 heterocycles. The Morgan fingerprint density at radius 2 is 1.85 bits per heavy atom. The van der Waals surface area contributed by atoms with Crippen LogP contribution in [0.25, 0.3) is 10.8 Å². The summed E-state index contributed by atoms with van der Waals surface area (Å²) in [7, 11) is 1.67. The van der Waals surface area contributed by atoms with Crippen LogP contribution in [0.5, 0.6) is 5.75 Å². The Kier molecular flexibility index (Phi) is 3.47. The van der Waals surface area contributed by atoms with Crippen LogP contribution in [0.1, 0.15) is 36.5 Å². The molecule has 2 unspecified atom stereocenters. The Hall–Kier alpha value is -1.83. The number of hydrogen-bond donors (Lipinski definition) is 0. The third kappa shape index (κ3) is 2.09. The average molecular weight is 268 g/mol. The average Bonchev–Trinajstić information content (AvgIpc) is 2.91. The van der Waals surface area contributed by atoms with E-state index in [-0.39, 0.29) is 5.92 Å². The lowest BCUT2D eigenvalue weighted by atomic mass is 9.87. The minimum atomic E-state index is 0.187. The Morgan fingerprint density at radius 1 is 1.10 bits per heavy atom. The maximum atomic E-state index is 12.8. The maximum Gasteiger partial charge on any atom is 0.166 e. The molecule has 0 N–H and O–H groups in total. The van der Waals surface area contributed by atoms with E-state index in [0.717, 1.165) is 28.5 Å². The first-order valence-corrected chi connectivity index (χ1v) is 7.32. The van der Waals surface area contributed by atoms with Gasteiger partial charge in [-0.15, -0.1) is 0 Å². The Bertz CT molecular complexity index is 645. The zero-order valence-electron chi connectivity index (χ0n) is 12.1. The highest BCUT2D eigenvalue weighted by Gasteiger charge is 2.31. The fourth-order valence-corrected chi connectivity index (χ4v) is 3.40. The van der Waals surface area contributed by atoms with Gasteiger partial charge < -0.3 is 4.74 Å². The third-order valence-electron chi connectivity index (χ3n) is 4.57. The van der Waals surface area contributed by atoms with Crippen LogP contribution in [0, 0.1) is 11.8 Å². The molecule has 2 atom stereocenters. The van der Waals surface area contributed by atoms with Crippen molar-refractivity contribution in [2.45, 2.75) is 26.2 Å². The second kappa shape index (κ2) is 5.28. The summed E-state index contributed by atoms with van der Waals surface area (Å²) in [6.07, 6.45) is 3.37. The van der Waals surface area contributed by atoms with Gasteiger partial charge in [0.25, 0.3) is 0 Å². The first kappa shape index (κ1) is 13.2. The first-order valence-electron chi connectivity index (χ1n) is 7.32. The van der Waals surface area contributed by atoms with Crippen molar-refractivity contribution < 1.29 is 9.53 Å². The number of benzene rings is 2. The van der Waals surface area contributed by atoms with Gasteiger partial charge in [-0.1, -0.05) is 37.6 Å². The molecule has 20 heavy (non-hydrogen) atoms. The predicted molar refractivity (Wildman–Crippen MR) is 81.3 cm³/mol. The number of carbonyl (C=O) groups excluding carboxylic acids is 1. The Morgan fingerprint density at radius 3 is 2.50 bits per heavy atom. The molecular weight excluding hydrogens is 248 g/mol. The lowest BCUT2D eigenvalue weighted by Gasteiger charge is -2.16. The molecular formula is C18H20O2. The monoisotopic (exact) mass is 268 g/mol. The van der Waals surface area contributed by atoms with Gasteiger partial charge in [0.2, 0.25) is 0 Å². The van der Waals surface area contributed by atoms with E-state index in [1.54, 1.807) is 7.11 Å². The zero-order chi connectivity index (χ0) is 14.1. The van der Waals surface area contributed by atoms with E-state index in [1.807, 2.05) is 36.4 Å².